The Balaban J connectivity index is 1.83. The molecule has 0 radical (unpaired) electrons. The zero-order valence-corrected chi connectivity index (χ0v) is 16.5. The largest absolute Gasteiger partial charge is 0.481 e. The van der Waals surface area contributed by atoms with Gasteiger partial charge in [-0.15, -0.1) is 0 Å². The summed E-state index contributed by atoms with van der Waals surface area (Å²) in [6.07, 6.45) is 2.17. The van der Waals surface area contributed by atoms with Gasteiger partial charge in [0.1, 0.15) is 11.6 Å². The maximum absolute atomic E-state index is 13.4. The van der Waals surface area contributed by atoms with E-state index in [0.29, 0.717) is 11.8 Å². The number of ether oxygens (including phenoxy) is 1. The predicted octanol–water partition coefficient (Wildman–Crippen LogP) is 3.64. The van der Waals surface area contributed by atoms with Crippen LogP contribution in [0, 0.1) is 11.6 Å². The number of carbonyl (C=O) groups excluding carboxylic acids is 1. The molecule has 0 saturated carbocycles. The molecule has 2 heterocycles. The zero-order valence-electron chi connectivity index (χ0n) is 16.5. The smallest absolute Gasteiger partial charge is 0.266 e. The molecule has 0 aliphatic heterocycles. The molecule has 2 aromatic heterocycles. The molecule has 0 saturated heterocycles. The summed E-state index contributed by atoms with van der Waals surface area (Å²) in [7, 11) is 0. The van der Waals surface area contributed by atoms with Gasteiger partial charge in [0, 0.05) is 29.9 Å². The van der Waals surface area contributed by atoms with Gasteiger partial charge in [-0.05, 0) is 25.1 Å². The quantitative estimate of drug-likeness (QED) is 0.706. The maximum atomic E-state index is 13.4. The Morgan fingerprint density at radius 2 is 1.83 bits per heavy atom. The third-order valence-electron chi connectivity index (χ3n) is 4.04. The first-order valence-electron chi connectivity index (χ1n) is 8.95. The van der Waals surface area contributed by atoms with Gasteiger partial charge in [-0.25, -0.2) is 18.7 Å². The number of nitrogens with one attached hydrogen (secondary N) is 1. The monoisotopic (exact) mass is 401 g/mol. The van der Waals surface area contributed by atoms with Crippen molar-refractivity contribution in [2.45, 2.75) is 39.2 Å². The molecule has 0 fully saturated rings. The summed E-state index contributed by atoms with van der Waals surface area (Å²) in [6.45, 7) is 7.48. The Morgan fingerprint density at radius 1 is 1.14 bits per heavy atom. The highest BCUT2D eigenvalue weighted by Crippen LogP contribution is 2.25. The first-order chi connectivity index (χ1) is 13.6. The van der Waals surface area contributed by atoms with Gasteiger partial charge in [-0.2, -0.15) is 9.78 Å². The highest BCUT2D eigenvalue weighted by atomic mass is 19.2. The van der Waals surface area contributed by atoms with E-state index in [1.807, 2.05) is 20.8 Å². The number of halogens is 2. The van der Waals surface area contributed by atoms with Crippen molar-refractivity contribution in [2.24, 2.45) is 0 Å². The van der Waals surface area contributed by atoms with Crippen LogP contribution in [-0.4, -0.2) is 31.8 Å². The van der Waals surface area contributed by atoms with Crippen LogP contribution in [0.3, 0.4) is 0 Å². The van der Waals surface area contributed by atoms with Crippen LogP contribution in [0.15, 0.2) is 42.7 Å². The molecular formula is C20H21F2N5O2. The lowest BCUT2D eigenvalue weighted by Crippen LogP contribution is -2.31. The molecule has 0 spiro atoms. The van der Waals surface area contributed by atoms with E-state index >= 15 is 0 Å². The number of nitrogens with zero attached hydrogens (tertiary/aromatic N) is 4. The third-order valence-corrected chi connectivity index (χ3v) is 4.04. The highest BCUT2D eigenvalue weighted by molar-refractivity contribution is 5.93. The predicted molar refractivity (Wildman–Crippen MR) is 103 cm³/mol. The van der Waals surface area contributed by atoms with Gasteiger partial charge in [-0.1, -0.05) is 20.8 Å². The van der Waals surface area contributed by atoms with E-state index in [9.17, 15) is 13.6 Å². The first kappa shape index (κ1) is 20.4. The summed E-state index contributed by atoms with van der Waals surface area (Å²) in [5.74, 6) is -1.83. The number of amides is 1. The lowest BCUT2D eigenvalue weighted by Gasteiger charge is -2.15. The highest BCUT2D eigenvalue weighted by Gasteiger charge is 2.24. The Kier molecular flexibility index (Phi) is 5.58. The number of rotatable bonds is 5. The normalized spacial score (nSPS) is 12.5. The summed E-state index contributed by atoms with van der Waals surface area (Å²) in [5.41, 5.74) is 0.460. The fourth-order valence-corrected chi connectivity index (χ4v) is 2.43. The van der Waals surface area contributed by atoms with Gasteiger partial charge < -0.3 is 10.1 Å². The molecule has 0 aliphatic rings. The molecule has 9 heteroatoms. The number of hydrogen-bond acceptors (Lipinski definition) is 5. The van der Waals surface area contributed by atoms with Crippen LogP contribution in [-0.2, 0) is 10.2 Å². The van der Waals surface area contributed by atoms with E-state index < -0.39 is 23.6 Å². The fraction of sp³-hybridized carbons (Fsp3) is 0.300. The van der Waals surface area contributed by atoms with Crippen LogP contribution in [0.25, 0.3) is 5.95 Å². The molecule has 1 unspecified atom stereocenters. The number of carbonyl (C=O) groups is 1. The summed E-state index contributed by atoms with van der Waals surface area (Å²) >= 11 is 0. The van der Waals surface area contributed by atoms with Crippen molar-refractivity contribution in [3.8, 4) is 11.7 Å². The summed E-state index contributed by atoms with van der Waals surface area (Å²) < 4.78 is 33.3. The fourth-order valence-electron chi connectivity index (χ4n) is 2.43. The van der Waals surface area contributed by atoms with Crippen LogP contribution in [0.5, 0.6) is 5.75 Å². The van der Waals surface area contributed by atoms with Crippen molar-refractivity contribution in [3.63, 3.8) is 0 Å². The number of anilines is 1. The molecule has 1 aromatic carbocycles. The summed E-state index contributed by atoms with van der Waals surface area (Å²) in [4.78, 5) is 21.0. The molecule has 0 bridgehead atoms. The lowest BCUT2D eigenvalue weighted by molar-refractivity contribution is -0.122. The van der Waals surface area contributed by atoms with E-state index in [1.165, 1.54) is 17.7 Å². The second-order valence-electron chi connectivity index (χ2n) is 7.45. The van der Waals surface area contributed by atoms with Gasteiger partial charge in [0.2, 0.25) is 0 Å². The van der Waals surface area contributed by atoms with Gasteiger partial charge >= 0.3 is 0 Å². The number of hydrogen-bond donors (Lipinski definition) is 1. The second kappa shape index (κ2) is 7.94. The number of benzene rings is 1. The Morgan fingerprint density at radius 3 is 2.45 bits per heavy atom. The van der Waals surface area contributed by atoms with Crippen molar-refractivity contribution in [2.75, 3.05) is 5.32 Å². The van der Waals surface area contributed by atoms with Crippen molar-refractivity contribution in [1.82, 2.24) is 19.7 Å². The minimum Gasteiger partial charge on any atom is -0.481 e. The average Bonchev–Trinajstić information content (AvgIpc) is 3.09. The molecule has 0 aliphatic carbocycles. The van der Waals surface area contributed by atoms with Gasteiger partial charge in [-0.3, -0.25) is 4.79 Å². The molecule has 3 aromatic rings. The molecule has 1 atom stereocenters. The average molecular weight is 401 g/mol. The Hall–Kier alpha value is -3.36. The van der Waals surface area contributed by atoms with E-state index in [1.54, 1.807) is 24.5 Å². The minimum absolute atomic E-state index is 0.0434. The van der Waals surface area contributed by atoms with Crippen LogP contribution < -0.4 is 10.1 Å². The third kappa shape index (κ3) is 4.74. The Bertz CT molecular complexity index is 1020. The number of aromatic nitrogens is 4. The zero-order chi connectivity index (χ0) is 21.2. The standard InChI is InChI=1S/C20H21F2N5O2/c1-12(29-13-6-7-14(21)15(22)10-13)18(28)25-17-11-16(20(2,3)4)26-27(17)19-23-8-5-9-24-19/h5-12H,1-4H3,(H,25,28). The molecule has 7 nitrogen and oxygen atoms in total. The van der Waals surface area contributed by atoms with E-state index in [-0.39, 0.29) is 11.2 Å². The van der Waals surface area contributed by atoms with Crippen LogP contribution in [0.1, 0.15) is 33.4 Å². The van der Waals surface area contributed by atoms with Crippen molar-refractivity contribution >= 4 is 11.7 Å². The maximum Gasteiger partial charge on any atom is 0.266 e. The van der Waals surface area contributed by atoms with Crippen LogP contribution in [0.4, 0.5) is 14.6 Å². The topological polar surface area (TPSA) is 81.9 Å². The van der Waals surface area contributed by atoms with E-state index in [0.717, 1.165) is 17.8 Å². The molecule has 152 valence electrons. The summed E-state index contributed by atoms with van der Waals surface area (Å²) in [6, 6.07) is 6.49. The second-order valence-corrected chi connectivity index (χ2v) is 7.45. The van der Waals surface area contributed by atoms with Crippen LogP contribution in [0.2, 0.25) is 0 Å². The molecule has 1 amide bonds. The molecule has 1 N–H and O–H groups in total. The SMILES string of the molecule is CC(Oc1ccc(F)c(F)c1)C(=O)Nc1cc(C(C)(C)C)nn1-c1ncccn1. The molecule has 29 heavy (non-hydrogen) atoms. The molecule has 3 rings (SSSR count). The Labute approximate surface area is 166 Å². The summed E-state index contributed by atoms with van der Waals surface area (Å²) in [5, 5.41) is 7.25. The molecular weight excluding hydrogens is 380 g/mol. The van der Waals surface area contributed by atoms with Crippen LogP contribution >= 0.6 is 0 Å². The van der Waals surface area contributed by atoms with Gasteiger partial charge in [0.25, 0.3) is 11.9 Å². The lowest BCUT2D eigenvalue weighted by atomic mass is 9.92. The van der Waals surface area contributed by atoms with E-state index in [4.69, 9.17) is 4.74 Å². The minimum atomic E-state index is -1.05. The van der Waals surface area contributed by atoms with Gasteiger partial charge in [0.15, 0.2) is 17.7 Å². The van der Waals surface area contributed by atoms with Crippen molar-refractivity contribution < 1.29 is 18.3 Å². The first-order valence-corrected chi connectivity index (χ1v) is 8.95. The van der Waals surface area contributed by atoms with Gasteiger partial charge in [0.05, 0.1) is 5.69 Å². The van der Waals surface area contributed by atoms with Crippen molar-refractivity contribution in [1.29, 1.82) is 0 Å². The van der Waals surface area contributed by atoms with E-state index in [2.05, 4.69) is 20.4 Å². The van der Waals surface area contributed by atoms with Crippen molar-refractivity contribution in [3.05, 3.63) is 60.1 Å².